The fourth-order valence-corrected chi connectivity index (χ4v) is 1.54. The zero-order valence-electron chi connectivity index (χ0n) is 11.4. The third-order valence-electron chi connectivity index (χ3n) is 2.50. The lowest BCUT2D eigenvalue weighted by molar-refractivity contribution is -0.142. The van der Waals surface area contributed by atoms with Crippen LogP contribution in [0.1, 0.15) is 20.3 Å². The van der Waals surface area contributed by atoms with Crippen LogP contribution in [0.25, 0.3) is 0 Å². The first kappa shape index (κ1) is 16.4. The summed E-state index contributed by atoms with van der Waals surface area (Å²) in [4.78, 5) is 12.9. The molecule has 102 valence electrons. The Morgan fingerprint density at radius 3 is 2.39 bits per heavy atom. The van der Waals surface area contributed by atoms with Gasteiger partial charge in [0.05, 0.1) is 13.5 Å². The zero-order chi connectivity index (χ0) is 14.1. The average molecular weight is 255 g/mol. The summed E-state index contributed by atoms with van der Waals surface area (Å²) in [6, 6.07) is 0. The molecule has 1 rings (SSSR count). The molecule has 1 heterocycles. The van der Waals surface area contributed by atoms with Gasteiger partial charge in [-0.05, 0) is 12.2 Å². The Balaban J connectivity index is 0.00000137. The molecule has 1 fully saturated rings. The van der Waals surface area contributed by atoms with Gasteiger partial charge < -0.3 is 9.64 Å². The predicted molar refractivity (Wildman–Crippen MR) is 71.6 cm³/mol. The van der Waals surface area contributed by atoms with Crippen molar-refractivity contribution in [3.05, 3.63) is 36.8 Å². The van der Waals surface area contributed by atoms with E-state index in [-0.39, 0.29) is 5.97 Å². The summed E-state index contributed by atoms with van der Waals surface area (Å²) in [6.45, 7) is 12.4. The normalized spacial score (nSPS) is 14.6. The van der Waals surface area contributed by atoms with Gasteiger partial charge in [0.25, 0.3) is 0 Å². The standard InChI is InChI=1S/C12H16FNO2.C2H6/c1-9(13)4-5-10(2)14-7-11(8-14)6-12(15)16-3;1-2/h4-5,11H,1-2,6-8H2,3H3;1-2H3/b5-4-;. The summed E-state index contributed by atoms with van der Waals surface area (Å²) in [5.74, 6) is -0.373. The largest absolute Gasteiger partial charge is 0.469 e. The highest BCUT2D eigenvalue weighted by Crippen LogP contribution is 2.23. The van der Waals surface area contributed by atoms with Gasteiger partial charge in [-0.1, -0.05) is 27.0 Å². The molecule has 0 aromatic heterocycles. The van der Waals surface area contributed by atoms with Crippen LogP contribution in [0.4, 0.5) is 4.39 Å². The Hall–Kier alpha value is -1.58. The number of likely N-dealkylation sites (tertiary alicyclic amines) is 1. The van der Waals surface area contributed by atoms with Gasteiger partial charge in [0.1, 0.15) is 5.83 Å². The summed E-state index contributed by atoms with van der Waals surface area (Å²) in [5.41, 5.74) is 0.736. The smallest absolute Gasteiger partial charge is 0.305 e. The van der Waals surface area contributed by atoms with Crippen molar-refractivity contribution in [1.29, 1.82) is 0 Å². The van der Waals surface area contributed by atoms with E-state index in [0.717, 1.165) is 18.8 Å². The van der Waals surface area contributed by atoms with E-state index in [0.29, 0.717) is 12.3 Å². The van der Waals surface area contributed by atoms with E-state index in [9.17, 15) is 9.18 Å². The van der Waals surface area contributed by atoms with E-state index in [1.165, 1.54) is 13.2 Å². The molecule has 1 aliphatic rings. The number of hydrogen-bond acceptors (Lipinski definition) is 3. The number of halogens is 1. The minimum Gasteiger partial charge on any atom is -0.469 e. The van der Waals surface area contributed by atoms with Crippen molar-refractivity contribution in [3.63, 3.8) is 0 Å². The summed E-state index contributed by atoms with van der Waals surface area (Å²) in [7, 11) is 1.38. The van der Waals surface area contributed by atoms with Gasteiger partial charge in [-0.2, -0.15) is 0 Å². The van der Waals surface area contributed by atoms with Gasteiger partial charge in [-0.25, -0.2) is 4.39 Å². The summed E-state index contributed by atoms with van der Waals surface area (Å²) in [5, 5.41) is 0. The number of allylic oxidation sites excluding steroid dienone is 3. The van der Waals surface area contributed by atoms with Gasteiger partial charge in [0.15, 0.2) is 0 Å². The predicted octanol–water partition coefficient (Wildman–Crippen LogP) is 3.06. The highest BCUT2D eigenvalue weighted by molar-refractivity contribution is 5.69. The Morgan fingerprint density at radius 2 is 1.94 bits per heavy atom. The molecular formula is C14H22FNO2. The molecule has 0 N–H and O–H groups in total. The van der Waals surface area contributed by atoms with E-state index in [4.69, 9.17) is 0 Å². The third kappa shape index (κ3) is 5.66. The van der Waals surface area contributed by atoms with Gasteiger partial charge in [-0.3, -0.25) is 4.79 Å². The first-order valence-corrected chi connectivity index (χ1v) is 6.06. The maximum absolute atomic E-state index is 12.3. The van der Waals surface area contributed by atoms with Crippen molar-refractivity contribution < 1.29 is 13.9 Å². The van der Waals surface area contributed by atoms with Crippen LogP contribution in [0.3, 0.4) is 0 Å². The Morgan fingerprint density at radius 1 is 1.39 bits per heavy atom. The van der Waals surface area contributed by atoms with Gasteiger partial charge >= 0.3 is 5.97 Å². The number of carbonyl (C=O) groups is 1. The van der Waals surface area contributed by atoms with Gasteiger partial charge in [0.2, 0.25) is 0 Å². The summed E-state index contributed by atoms with van der Waals surface area (Å²) < 4.78 is 16.9. The molecule has 1 saturated heterocycles. The number of nitrogens with zero attached hydrogens (tertiary/aromatic N) is 1. The van der Waals surface area contributed by atoms with Crippen molar-refractivity contribution in [2.45, 2.75) is 20.3 Å². The lowest BCUT2D eigenvalue weighted by atomic mass is 9.96. The quantitative estimate of drug-likeness (QED) is 0.558. The van der Waals surface area contributed by atoms with Crippen molar-refractivity contribution >= 4 is 5.97 Å². The highest BCUT2D eigenvalue weighted by atomic mass is 19.1. The Kier molecular flexibility index (Phi) is 7.76. The van der Waals surface area contributed by atoms with Crippen molar-refractivity contribution in [2.24, 2.45) is 5.92 Å². The molecular weight excluding hydrogens is 233 g/mol. The maximum Gasteiger partial charge on any atom is 0.305 e. The molecule has 0 aromatic carbocycles. The summed E-state index contributed by atoms with van der Waals surface area (Å²) in [6.07, 6.45) is 3.28. The zero-order valence-corrected chi connectivity index (χ0v) is 11.4. The maximum atomic E-state index is 12.3. The number of rotatable bonds is 5. The monoisotopic (exact) mass is 255 g/mol. The van der Waals surface area contributed by atoms with Crippen LogP contribution in [0.5, 0.6) is 0 Å². The number of ether oxygens (including phenoxy) is 1. The molecule has 0 spiro atoms. The van der Waals surface area contributed by atoms with Crippen LogP contribution in [0.15, 0.2) is 36.8 Å². The van der Waals surface area contributed by atoms with Crippen LogP contribution in [-0.4, -0.2) is 31.1 Å². The van der Waals surface area contributed by atoms with Gasteiger partial charge in [0, 0.05) is 24.7 Å². The minimum absolute atomic E-state index is 0.192. The molecule has 0 saturated carbocycles. The van der Waals surface area contributed by atoms with Crippen LogP contribution in [0.2, 0.25) is 0 Å². The van der Waals surface area contributed by atoms with E-state index < -0.39 is 5.83 Å². The van der Waals surface area contributed by atoms with Crippen LogP contribution < -0.4 is 0 Å². The first-order valence-electron chi connectivity index (χ1n) is 6.06. The van der Waals surface area contributed by atoms with Crippen LogP contribution >= 0.6 is 0 Å². The molecule has 0 aromatic rings. The molecule has 0 aliphatic carbocycles. The fourth-order valence-electron chi connectivity index (χ4n) is 1.54. The lowest BCUT2D eigenvalue weighted by Gasteiger charge is -2.40. The van der Waals surface area contributed by atoms with E-state index in [2.05, 4.69) is 17.9 Å². The fraction of sp³-hybridized carbons (Fsp3) is 0.500. The number of carbonyl (C=O) groups excluding carboxylic acids is 1. The number of hydrogen-bond donors (Lipinski definition) is 0. The summed E-state index contributed by atoms with van der Waals surface area (Å²) >= 11 is 0. The van der Waals surface area contributed by atoms with Crippen LogP contribution in [0, 0.1) is 5.92 Å². The van der Waals surface area contributed by atoms with E-state index in [1.54, 1.807) is 6.08 Å². The second-order valence-electron chi connectivity index (χ2n) is 3.82. The van der Waals surface area contributed by atoms with E-state index in [1.807, 2.05) is 18.7 Å². The lowest BCUT2D eigenvalue weighted by Crippen LogP contribution is -2.46. The SMILES string of the molecule is C=C(F)/C=C\C(=C)N1CC(CC(=O)OC)C1.CC. The minimum atomic E-state index is -0.493. The van der Waals surface area contributed by atoms with Crippen LogP contribution in [-0.2, 0) is 9.53 Å². The molecule has 4 heteroatoms. The Bertz CT molecular complexity index is 331. The second-order valence-corrected chi connectivity index (χ2v) is 3.82. The first-order chi connectivity index (χ1) is 8.52. The second kappa shape index (κ2) is 8.50. The topological polar surface area (TPSA) is 29.5 Å². The molecule has 3 nitrogen and oxygen atoms in total. The molecule has 18 heavy (non-hydrogen) atoms. The number of methoxy groups -OCH3 is 1. The number of esters is 1. The Labute approximate surface area is 109 Å². The molecule has 0 bridgehead atoms. The third-order valence-corrected chi connectivity index (χ3v) is 2.50. The van der Waals surface area contributed by atoms with Crippen molar-refractivity contribution in [3.8, 4) is 0 Å². The molecule has 0 unspecified atom stereocenters. The van der Waals surface area contributed by atoms with E-state index >= 15 is 0 Å². The molecule has 0 atom stereocenters. The van der Waals surface area contributed by atoms with Crippen molar-refractivity contribution in [1.82, 2.24) is 4.90 Å². The average Bonchev–Trinajstić information content (AvgIpc) is 2.32. The molecule has 1 aliphatic heterocycles. The molecule has 0 amide bonds. The van der Waals surface area contributed by atoms with Gasteiger partial charge in [-0.15, -0.1) is 0 Å². The highest BCUT2D eigenvalue weighted by Gasteiger charge is 2.28. The molecule has 0 radical (unpaired) electrons. The van der Waals surface area contributed by atoms with Crippen molar-refractivity contribution in [2.75, 3.05) is 20.2 Å².